The molecular formula is C120H180F5N15O10. The highest BCUT2D eigenvalue weighted by molar-refractivity contribution is 5.84. The number of aryl methyl sites for hydroxylation is 5. The molecule has 0 radical (unpaired) electrons. The fraction of sp³-hybridized carbons (Fsp3) is 0.875. The first-order valence-corrected chi connectivity index (χ1v) is 59.7. The van der Waals surface area contributed by atoms with E-state index >= 15 is 22.0 Å². The molecule has 20 aliphatic rings. The molecule has 5 aromatic rings. The number of tetrazole rings is 1. The van der Waals surface area contributed by atoms with Gasteiger partial charge in [0.15, 0.2) is 34.7 Å². The Kier molecular flexibility index (Phi) is 29.9. The summed E-state index contributed by atoms with van der Waals surface area (Å²) >= 11 is 0. The van der Waals surface area contributed by atoms with E-state index in [0.717, 1.165) is 215 Å². The minimum Gasteiger partial charge on any atom is -0.390 e. The van der Waals surface area contributed by atoms with Crippen molar-refractivity contribution < 1.29 is 71.5 Å². The molecule has 25 nitrogen and oxygen atoms in total. The van der Waals surface area contributed by atoms with Gasteiger partial charge in [0.1, 0.15) is 57.0 Å². The number of halogens is 5. The molecule has 0 amide bonds. The summed E-state index contributed by atoms with van der Waals surface area (Å²) in [5, 5.41) is 93.4. The second-order valence-corrected chi connectivity index (χ2v) is 57.1. The second-order valence-electron chi connectivity index (χ2n) is 57.1. The highest BCUT2D eigenvalue weighted by atomic mass is 19.2. The molecule has 150 heavy (non-hydrogen) atoms. The number of hydrogen-bond donors (Lipinski definition) is 5. The van der Waals surface area contributed by atoms with Crippen LogP contribution in [0.2, 0.25) is 0 Å². The first kappa shape index (κ1) is 109. The third-order valence-corrected chi connectivity index (χ3v) is 48.3. The Hall–Kier alpha value is -6.50. The zero-order valence-corrected chi connectivity index (χ0v) is 92.8. The average molecular weight is 2090 g/mol. The van der Waals surface area contributed by atoms with Crippen LogP contribution in [0.15, 0.2) is 31.0 Å². The minimum atomic E-state index is -0.817. The van der Waals surface area contributed by atoms with Gasteiger partial charge in [0.05, 0.1) is 76.4 Å². The van der Waals surface area contributed by atoms with Crippen LogP contribution in [0.1, 0.15) is 355 Å². The fourth-order valence-corrected chi connectivity index (χ4v) is 41.3. The van der Waals surface area contributed by atoms with Crippen LogP contribution < -0.4 is 0 Å². The molecule has 20 aliphatic carbocycles. The number of aliphatic hydroxyl groups is 5. The number of alkyl halides is 5. The van der Waals surface area contributed by atoms with Crippen LogP contribution in [-0.2, 0) is 56.7 Å². The van der Waals surface area contributed by atoms with Crippen LogP contribution >= 0.6 is 0 Å². The lowest BCUT2D eigenvalue weighted by Gasteiger charge is -2.57. The van der Waals surface area contributed by atoms with E-state index in [0.29, 0.717) is 214 Å². The van der Waals surface area contributed by atoms with Crippen molar-refractivity contribution in [3.8, 4) is 0 Å². The lowest BCUT2D eigenvalue weighted by atomic mass is 9.48. The van der Waals surface area contributed by atoms with Crippen molar-refractivity contribution in [2.45, 2.75) is 452 Å². The Balaban J connectivity index is 0.000000109. The van der Waals surface area contributed by atoms with Gasteiger partial charge in [-0.15, -0.1) is 20.4 Å². The van der Waals surface area contributed by atoms with Crippen LogP contribution in [0.3, 0.4) is 0 Å². The number of aromatic nitrogens is 15. The Labute approximate surface area is 886 Å². The standard InChI is InChI=1S/C25H37FN2O2.3C24H36FN3O2.C23H35FN4O2/c1-15-12-27-28(13-15)14-23(29)21-5-4-20-18-10-22(26)19-11-24(2,30)8-6-17(19)16(18)7-9-25(20,21)3;2*1-14-12-26-27-28(14)13-22(29)20-5-4-19-17-10-21(25)18-11-23(2,30)8-6-16(18)15(17)7-9-24(19,20)3;1-14-12-26-28(27-14)13-22(29)20-5-4-19-17-10-21(25)18-11-23(2,30)8-6-16(18)15(17)7-9-24(19,20)3;1-13-25-27-28(26-13)12-21(29)19-5-4-18-16-10-20(24)17-11-22(2,30)8-6-15(17)14(16)7-9-23(18,19)3/h12-13,16-22,30H,4-11,14H2,1-3H3;3*12,15-21,30H,4-11,13H2,1-3H3;14-20,30H,4-12H2,1-3H3/t16-,17-,18-,19+,20+,21-,22-,24-,25+;3*15-,16-,17-,18+,19+,20-,21-,23-,24+;14-,15-,16-,17+,18+,19-,20-,22-,23+/m11111/s1. The summed E-state index contributed by atoms with van der Waals surface area (Å²) < 4.78 is 82.0. The van der Waals surface area contributed by atoms with E-state index in [1.807, 2.05) is 68.5 Å². The van der Waals surface area contributed by atoms with Gasteiger partial charge in [-0.3, -0.25) is 28.7 Å². The van der Waals surface area contributed by atoms with Gasteiger partial charge < -0.3 is 25.5 Å². The molecule has 0 aromatic carbocycles. The summed E-state index contributed by atoms with van der Waals surface area (Å²) in [5.74, 6) is 11.3. The molecule has 5 N–H and O–H groups in total. The van der Waals surface area contributed by atoms with Crippen molar-refractivity contribution in [3.05, 3.63) is 59.5 Å². The smallest absolute Gasteiger partial charge is 0.171 e. The molecule has 20 saturated carbocycles. The van der Waals surface area contributed by atoms with Crippen LogP contribution in [0.4, 0.5) is 22.0 Å². The summed E-state index contributed by atoms with van der Waals surface area (Å²) in [6.07, 6.45) is 40.5. The third kappa shape index (κ3) is 20.3. The molecule has 25 rings (SSSR count). The van der Waals surface area contributed by atoms with E-state index < -0.39 is 58.9 Å². The van der Waals surface area contributed by atoms with Crippen molar-refractivity contribution >= 4 is 28.9 Å². The third-order valence-electron chi connectivity index (χ3n) is 48.3. The fourth-order valence-electron chi connectivity index (χ4n) is 41.3. The van der Waals surface area contributed by atoms with Crippen LogP contribution in [0.5, 0.6) is 0 Å². The first-order valence-electron chi connectivity index (χ1n) is 59.7. The summed E-state index contributed by atoms with van der Waals surface area (Å²) in [6, 6.07) is 0. The second kappa shape index (κ2) is 41.1. The predicted octanol–water partition coefficient (Wildman–Crippen LogP) is 20.6. The van der Waals surface area contributed by atoms with Crippen molar-refractivity contribution in [1.29, 1.82) is 0 Å². The minimum absolute atomic E-state index is 0.00711. The van der Waals surface area contributed by atoms with Crippen molar-refractivity contribution in [1.82, 2.24) is 75.0 Å². The number of carbonyl (C=O) groups is 5. The normalized spacial score (nSPS) is 48.0. The van der Waals surface area contributed by atoms with Crippen molar-refractivity contribution in [2.75, 3.05) is 0 Å². The van der Waals surface area contributed by atoms with Gasteiger partial charge in [-0.05, 0) is 512 Å². The van der Waals surface area contributed by atoms with E-state index in [1.165, 1.54) is 9.59 Å². The maximum Gasteiger partial charge on any atom is 0.171 e. The van der Waals surface area contributed by atoms with E-state index in [9.17, 15) is 49.5 Å². The van der Waals surface area contributed by atoms with Crippen LogP contribution in [0.25, 0.3) is 0 Å². The van der Waals surface area contributed by atoms with Gasteiger partial charge in [0.2, 0.25) is 0 Å². The largest absolute Gasteiger partial charge is 0.390 e. The van der Waals surface area contributed by atoms with Gasteiger partial charge in [0, 0.05) is 35.8 Å². The maximum absolute atomic E-state index is 15.4. The number of Topliss-reactive ketones (excluding diaryl/α,β-unsaturated/α-hetero) is 5. The van der Waals surface area contributed by atoms with E-state index in [1.54, 1.807) is 45.8 Å². The van der Waals surface area contributed by atoms with Gasteiger partial charge in [-0.1, -0.05) is 45.0 Å². The molecule has 830 valence electrons. The Bertz CT molecular complexity index is 5220. The van der Waals surface area contributed by atoms with Gasteiger partial charge >= 0.3 is 0 Å². The van der Waals surface area contributed by atoms with Crippen LogP contribution in [-0.4, -0.2) is 188 Å². The molecule has 5 heterocycles. The SMILES string of the molecule is Cc1cnn(CC(=O)[C@H]2CC[C@H]3[C@@H]4C[C@@H](F)[C@H]5C[C@](C)(O)CC[C@@H]5[C@H]4CC[C@]23C)c1.Cc1cnn(CC(=O)[C@H]2CC[C@H]3[C@@H]4C[C@@H](F)[C@H]5C[C@](C)(O)CC[C@@H]5[C@H]4CC[C@]23C)n1.Cc1cnnn1CC(=O)[C@H]1CC[C@H]2[C@@H]3C[C@@H](F)[C@H]4C[C@](C)(O)CC[C@@H]4[C@H]3CC[C@]12C.Cc1cnnn1CC(=O)[C@H]1CC[C@H]2[C@@H]3C[C@@H](F)[C@H]4C[C@](C)(O)CC[C@@H]4[C@H]3CC[C@]12C.Cc1nnn(CC(=O)[C@H]2CC[C@H]3[C@@H]4C[C@@H](F)[C@H]5C[C@](C)(O)CC[C@@H]5[C@H]4CC[C@]23C)n1. The maximum atomic E-state index is 15.4. The molecule has 0 aliphatic heterocycles. The topological polar surface area (TPSA) is 340 Å². The monoisotopic (exact) mass is 2090 g/mol. The van der Waals surface area contributed by atoms with E-state index in [-0.39, 0.29) is 122 Å². The number of rotatable bonds is 15. The molecule has 0 spiro atoms. The zero-order chi connectivity index (χ0) is 106. The van der Waals surface area contributed by atoms with Crippen molar-refractivity contribution in [3.63, 3.8) is 0 Å². The molecule has 5 aromatic heterocycles. The highest BCUT2D eigenvalue weighted by Crippen LogP contribution is 2.73. The molecule has 20 fully saturated rings. The van der Waals surface area contributed by atoms with Crippen LogP contribution in [0, 0.1) is 239 Å². The number of nitrogens with zero attached hydrogens (tertiary/aromatic N) is 15. The van der Waals surface area contributed by atoms with Gasteiger partial charge in [-0.2, -0.15) is 24.9 Å². The summed E-state index contributed by atoms with van der Waals surface area (Å²) in [7, 11) is 0. The molecular weight excluding hydrogens is 1910 g/mol. The summed E-state index contributed by atoms with van der Waals surface area (Å²) in [5.41, 5.74) is 0.143. The zero-order valence-electron chi connectivity index (χ0n) is 92.8. The summed E-state index contributed by atoms with van der Waals surface area (Å²) in [6.45, 7) is 31.8. The predicted molar refractivity (Wildman–Crippen MR) is 556 cm³/mol. The lowest BCUT2D eigenvalue weighted by Crippen LogP contribution is -2.54. The van der Waals surface area contributed by atoms with E-state index in [2.05, 4.69) is 85.9 Å². The molecule has 0 unspecified atom stereocenters. The van der Waals surface area contributed by atoms with Gasteiger partial charge in [0.25, 0.3) is 0 Å². The Morgan fingerprint density at radius 3 is 0.793 bits per heavy atom. The molecule has 0 bridgehead atoms. The lowest BCUT2D eigenvalue weighted by molar-refractivity contribution is -0.139. The number of ketones is 5. The first-order chi connectivity index (χ1) is 70.9. The van der Waals surface area contributed by atoms with Crippen molar-refractivity contribution in [2.24, 2.45) is 205 Å². The average Bonchev–Trinajstić information content (AvgIpc) is 1.50. The quantitative estimate of drug-likeness (QED) is 0.0608. The molecule has 30 heteroatoms. The number of carbonyl (C=O) groups excluding carboxylic acids is 5. The molecule has 45 atom stereocenters. The molecule has 0 saturated heterocycles. The van der Waals surface area contributed by atoms with E-state index in [4.69, 9.17) is 0 Å². The number of hydrogen-bond acceptors (Lipinski definition) is 20. The highest BCUT2D eigenvalue weighted by Gasteiger charge is 2.69. The van der Waals surface area contributed by atoms with Gasteiger partial charge in [-0.25, -0.2) is 31.3 Å². The Morgan fingerprint density at radius 1 is 0.293 bits per heavy atom. The number of fused-ring (bicyclic) bond motifs is 25. The Morgan fingerprint density at radius 2 is 0.553 bits per heavy atom. The summed E-state index contributed by atoms with van der Waals surface area (Å²) in [4.78, 5) is 69.1.